The average molecular weight is 473 g/mol. The number of aromatic nitrogens is 3. The molecule has 0 amide bonds. The van der Waals surface area contributed by atoms with Crippen molar-refractivity contribution in [2.75, 3.05) is 0 Å². The molecule has 5 nitrogen and oxygen atoms in total. The second-order valence-electron chi connectivity index (χ2n) is 4.95. The number of phenolic OH excluding ortho intramolecular Hbond substituents is 1. The Morgan fingerprint density at radius 1 is 1.00 bits per heavy atom. The lowest BCUT2D eigenvalue weighted by molar-refractivity contribution is 0.276. The van der Waals surface area contributed by atoms with Crippen LogP contribution in [0.2, 0.25) is 0 Å². The third-order valence-corrected chi connectivity index (χ3v) is 4.41. The predicted octanol–water partition coefficient (Wildman–Crippen LogP) is 4.63. The SMILES string of the molecule is Oc1c(Br)cc(-c2cnc(OCc3ccc(F)c(F)c3)nn2)cc1Br. The van der Waals surface area contributed by atoms with Crippen LogP contribution in [0, 0.1) is 11.6 Å². The van der Waals surface area contributed by atoms with Crippen molar-refractivity contribution in [3.63, 3.8) is 0 Å². The quantitative estimate of drug-likeness (QED) is 0.599. The smallest absolute Gasteiger partial charge is 0.336 e. The summed E-state index contributed by atoms with van der Waals surface area (Å²) in [7, 11) is 0. The highest BCUT2D eigenvalue weighted by Crippen LogP contribution is 2.36. The molecular formula is C16H9Br2F2N3O2. The second kappa shape index (κ2) is 7.40. The molecular weight excluding hydrogens is 464 g/mol. The van der Waals surface area contributed by atoms with Crippen molar-refractivity contribution in [3.05, 3.63) is 62.7 Å². The van der Waals surface area contributed by atoms with Crippen LogP contribution in [0.25, 0.3) is 11.3 Å². The lowest BCUT2D eigenvalue weighted by Gasteiger charge is -2.07. The van der Waals surface area contributed by atoms with E-state index in [1.54, 1.807) is 12.1 Å². The number of hydrogen-bond donors (Lipinski definition) is 1. The van der Waals surface area contributed by atoms with Gasteiger partial charge in [-0.15, -0.1) is 5.10 Å². The Balaban J connectivity index is 1.73. The van der Waals surface area contributed by atoms with E-state index in [4.69, 9.17) is 4.74 Å². The third-order valence-electron chi connectivity index (χ3n) is 3.21. The summed E-state index contributed by atoms with van der Waals surface area (Å²) in [6, 6.07) is 6.83. The standard InChI is InChI=1S/C16H9Br2F2N3O2/c17-10-4-9(5-11(18)15(10)24)14-6-21-16(23-22-14)25-7-8-1-2-12(19)13(20)3-8/h1-6,24H,7H2. The molecule has 0 saturated heterocycles. The number of halogens is 4. The zero-order valence-electron chi connectivity index (χ0n) is 12.4. The molecule has 0 radical (unpaired) electrons. The molecule has 0 fully saturated rings. The highest BCUT2D eigenvalue weighted by Gasteiger charge is 2.10. The van der Waals surface area contributed by atoms with Crippen LogP contribution in [0.3, 0.4) is 0 Å². The lowest BCUT2D eigenvalue weighted by atomic mass is 10.1. The van der Waals surface area contributed by atoms with Crippen LogP contribution in [0.15, 0.2) is 45.5 Å². The van der Waals surface area contributed by atoms with Crippen LogP contribution in [0.4, 0.5) is 8.78 Å². The van der Waals surface area contributed by atoms with Crippen LogP contribution >= 0.6 is 31.9 Å². The van der Waals surface area contributed by atoms with Gasteiger partial charge in [-0.05, 0) is 61.7 Å². The van der Waals surface area contributed by atoms with Crippen LogP contribution in [-0.4, -0.2) is 20.3 Å². The number of nitrogens with zero attached hydrogens (tertiary/aromatic N) is 3. The Kier molecular flexibility index (Phi) is 5.24. The predicted molar refractivity (Wildman–Crippen MR) is 93.0 cm³/mol. The van der Waals surface area contributed by atoms with Gasteiger partial charge in [0, 0.05) is 5.56 Å². The van der Waals surface area contributed by atoms with Gasteiger partial charge in [0.05, 0.1) is 15.1 Å². The molecule has 0 aliphatic heterocycles. The van der Waals surface area contributed by atoms with E-state index in [0.29, 0.717) is 25.8 Å². The normalized spacial score (nSPS) is 10.7. The first-order chi connectivity index (χ1) is 11.9. The fourth-order valence-corrected chi connectivity index (χ4v) is 3.14. The first kappa shape index (κ1) is 17.7. The molecule has 0 spiro atoms. The highest BCUT2D eigenvalue weighted by molar-refractivity contribution is 9.11. The summed E-state index contributed by atoms with van der Waals surface area (Å²) in [6.07, 6.45) is 1.46. The maximum absolute atomic E-state index is 13.1. The van der Waals surface area contributed by atoms with Gasteiger partial charge in [-0.2, -0.15) is 0 Å². The Bertz CT molecular complexity index is 901. The number of benzene rings is 2. The second-order valence-corrected chi connectivity index (χ2v) is 6.66. The van der Waals surface area contributed by atoms with Gasteiger partial charge in [0.25, 0.3) is 0 Å². The number of ether oxygens (including phenoxy) is 1. The number of aromatic hydroxyl groups is 1. The van der Waals surface area contributed by atoms with E-state index in [1.807, 2.05) is 0 Å². The molecule has 25 heavy (non-hydrogen) atoms. The van der Waals surface area contributed by atoms with E-state index in [0.717, 1.165) is 12.1 Å². The van der Waals surface area contributed by atoms with Gasteiger partial charge in [-0.1, -0.05) is 11.2 Å². The van der Waals surface area contributed by atoms with Crippen LogP contribution in [-0.2, 0) is 6.61 Å². The Morgan fingerprint density at radius 2 is 1.72 bits per heavy atom. The van der Waals surface area contributed by atoms with Gasteiger partial charge in [-0.25, -0.2) is 13.8 Å². The average Bonchev–Trinajstić information content (AvgIpc) is 2.61. The van der Waals surface area contributed by atoms with E-state index >= 15 is 0 Å². The number of hydrogen-bond acceptors (Lipinski definition) is 5. The molecule has 0 saturated carbocycles. The Labute approximate surface area is 158 Å². The van der Waals surface area contributed by atoms with E-state index < -0.39 is 11.6 Å². The van der Waals surface area contributed by atoms with Gasteiger partial charge < -0.3 is 9.84 Å². The molecule has 3 rings (SSSR count). The van der Waals surface area contributed by atoms with Gasteiger partial charge in [0.15, 0.2) is 11.6 Å². The molecule has 128 valence electrons. The molecule has 0 unspecified atom stereocenters. The molecule has 1 N–H and O–H groups in total. The first-order valence-corrected chi connectivity index (χ1v) is 8.47. The summed E-state index contributed by atoms with van der Waals surface area (Å²) in [6.45, 7) is -0.0193. The largest absolute Gasteiger partial charge is 0.506 e. The Morgan fingerprint density at radius 3 is 2.32 bits per heavy atom. The zero-order chi connectivity index (χ0) is 18.0. The van der Waals surface area contributed by atoms with E-state index in [-0.39, 0.29) is 18.4 Å². The van der Waals surface area contributed by atoms with Crippen molar-refractivity contribution in [2.45, 2.75) is 6.61 Å². The molecule has 2 aromatic carbocycles. The lowest BCUT2D eigenvalue weighted by Crippen LogP contribution is -2.02. The summed E-state index contributed by atoms with van der Waals surface area (Å²) in [5, 5.41) is 17.6. The minimum absolute atomic E-state index is 0.00499. The monoisotopic (exact) mass is 471 g/mol. The van der Waals surface area contributed by atoms with Crippen molar-refractivity contribution < 1.29 is 18.6 Å². The Hall–Kier alpha value is -2.13. The molecule has 0 atom stereocenters. The fraction of sp³-hybridized carbons (Fsp3) is 0.0625. The van der Waals surface area contributed by atoms with Crippen LogP contribution in [0.5, 0.6) is 11.8 Å². The zero-order valence-corrected chi connectivity index (χ0v) is 15.6. The summed E-state index contributed by atoms with van der Waals surface area (Å²) >= 11 is 6.48. The van der Waals surface area contributed by atoms with E-state index in [2.05, 4.69) is 47.0 Å². The third kappa shape index (κ3) is 4.10. The molecule has 1 heterocycles. The molecule has 1 aromatic heterocycles. The summed E-state index contributed by atoms with van der Waals surface area (Å²) in [5.41, 5.74) is 1.60. The van der Waals surface area contributed by atoms with E-state index in [9.17, 15) is 13.9 Å². The topological polar surface area (TPSA) is 68.1 Å². The maximum atomic E-state index is 13.1. The highest BCUT2D eigenvalue weighted by atomic mass is 79.9. The molecule has 0 aliphatic rings. The van der Waals surface area contributed by atoms with Gasteiger partial charge in [0.1, 0.15) is 18.1 Å². The fourth-order valence-electron chi connectivity index (χ4n) is 1.95. The van der Waals surface area contributed by atoms with Crippen molar-refractivity contribution in [3.8, 4) is 23.0 Å². The summed E-state index contributed by atoms with van der Waals surface area (Å²) < 4.78 is 32.3. The molecule has 0 bridgehead atoms. The minimum Gasteiger partial charge on any atom is -0.506 e. The number of phenols is 1. The number of rotatable bonds is 4. The maximum Gasteiger partial charge on any atom is 0.336 e. The van der Waals surface area contributed by atoms with Crippen molar-refractivity contribution >= 4 is 31.9 Å². The van der Waals surface area contributed by atoms with Crippen molar-refractivity contribution in [1.29, 1.82) is 0 Å². The summed E-state index contributed by atoms with van der Waals surface area (Å²) in [5.74, 6) is -1.78. The molecule has 0 aliphatic carbocycles. The van der Waals surface area contributed by atoms with Crippen LogP contribution < -0.4 is 4.74 Å². The van der Waals surface area contributed by atoms with Crippen molar-refractivity contribution in [1.82, 2.24) is 15.2 Å². The minimum atomic E-state index is -0.945. The molecule has 3 aromatic rings. The van der Waals surface area contributed by atoms with Gasteiger partial charge >= 0.3 is 6.01 Å². The van der Waals surface area contributed by atoms with Gasteiger partial charge in [0.2, 0.25) is 0 Å². The van der Waals surface area contributed by atoms with E-state index in [1.165, 1.54) is 12.3 Å². The first-order valence-electron chi connectivity index (χ1n) is 6.89. The summed E-state index contributed by atoms with van der Waals surface area (Å²) in [4.78, 5) is 4.04. The molecule has 9 heteroatoms. The van der Waals surface area contributed by atoms with Crippen LogP contribution in [0.1, 0.15) is 5.56 Å². The van der Waals surface area contributed by atoms with Crippen molar-refractivity contribution in [2.24, 2.45) is 0 Å². The van der Waals surface area contributed by atoms with Gasteiger partial charge in [-0.3, -0.25) is 0 Å².